The number of hydrogen-bond acceptors (Lipinski definition) is 2. The predicted molar refractivity (Wildman–Crippen MR) is 91.3 cm³/mol. The molecule has 0 bridgehead atoms. The summed E-state index contributed by atoms with van der Waals surface area (Å²) in [4.78, 5) is 2.56. The highest BCUT2D eigenvalue weighted by Gasteiger charge is 2.26. The van der Waals surface area contributed by atoms with Crippen molar-refractivity contribution in [2.24, 2.45) is 11.7 Å². The van der Waals surface area contributed by atoms with Gasteiger partial charge in [0.1, 0.15) is 0 Å². The van der Waals surface area contributed by atoms with Gasteiger partial charge in [-0.05, 0) is 69.2 Å². The Hall–Kier alpha value is -0.540. The summed E-state index contributed by atoms with van der Waals surface area (Å²) in [5.74, 6) is 0.897. The Morgan fingerprint density at radius 3 is 2.60 bits per heavy atom. The summed E-state index contributed by atoms with van der Waals surface area (Å²) in [6, 6.07) is 7.43. The molecule has 0 amide bonds. The third-order valence-electron chi connectivity index (χ3n) is 4.13. The molecule has 0 spiro atoms. The number of anilines is 1. The van der Waals surface area contributed by atoms with Crippen LogP contribution in [0.3, 0.4) is 0 Å². The fourth-order valence-corrected chi connectivity index (χ4v) is 3.00. The summed E-state index contributed by atoms with van der Waals surface area (Å²) in [5.41, 5.74) is 8.93. The quantitative estimate of drug-likeness (QED) is 0.800. The van der Waals surface area contributed by atoms with E-state index in [2.05, 4.69) is 59.8 Å². The van der Waals surface area contributed by atoms with Gasteiger partial charge in [0.2, 0.25) is 0 Å². The lowest BCUT2D eigenvalue weighted by atomic mass is 10.0. The van der Waals surface area contributed by atoms with Gasteiger partial charge in [0, 0.05) is 28.8 Å². The average molecular weight is 339 g/mol. The monoisotopic (exact) mass is 338 g/mol. The summed E-state index contributed by atoms with van der Waals surface area (Å²) >= 11 is 3.60. The average Bonchev–Trinajstić information content (AvgIpc) is 3.20. The molecule has 2 N–H and O–H groups in total. The number of rotatable bonds is 7. The molecule has 1 atom stereocenters. The molecular weight excluding hydrogens is 312 g/mol. The highest BCUT2D eigenvalue weighted by Crippen LogP contribution is 2.34. The van der Waals surface area contributed by atoms with Crippen LogP contribution in [-0.4, -0.2) is 18.6 Å². The normalized spacial score (nSPS) is 16.5. The minimum Gasteiger partial charge on any atom is -0.369 e. The molecule has 1 aromatic carbocycles. The minimum atomic E-state index is 0.248. The molecule has 3 heteroatoms. The second-order valence-electron chi connectivity index (χ2n) is 6.33. The molecule has 1 aliphatic carbocycles. The van der Waals surface area contributed by atoms with Crippen molar-refractivity contribution in [2.45, 2.75) is 58.5 Å². The fraction of sp³-hybridized carbons (Fsp3) is 0.647. The first-order valence-electron chi connectivity index (χ1n) is 7.81. The van der Waals surface area contributed by atoms with Crippen molar-refractivity contribution >= 4 is 21.6 Å². The second-order valence-corrected chi connectivity index (χ2v) is 7.25. The Labute approximate surface area is 131 Å². The van der Waals surface area contributed by atoms with Crippen molar-refractivity contribution < 1.29 is 0 Å². The zero-order valence-electron chi connectivity index (χ0n) is 12.9. The van der Waals surface area contributed by atoms with Crippen LogP contribution in [0.5, 0.6) is 0 Å². The lowest BCUT2D eigenvalue weighted by molar-refractivity contribution is 0.623. The van der Waals surface area contributed by atoms with Crippen LogP contribution in [0.4, 0.5) is 5.69 Å². The van der Waals surface area contributed by atoms with Gasteiger partial charge in [-0.25, -0.2) is 0 Å². The summed E-state index contributed by atoms with van der Waals surface area (Å²) < 4.78 is 1.15. The topological polar surface area (TPSA) is 29.3 Å². The van der Waals surface area contributed by atoms with Gasteiger partial charge in [0.15, 0.2) is 0 Å². The van der Waals surface area contributed by atoms with Crippen molar-refractivity contribution in [3.05, 3.63) is 28.2 Å². The third-order valence-corrected chi connectivity index (χ3v) is 4.63. The van der Waals surface area contributed by atoms with Crippen LogP contribution in [0.2, 0.25) is 0 Å². The van der Waals surface area contributed by atoms with E-state index < -0.39 is 0 Å². The molecule has 1 aliphatic rings. The van der Waals surface area contributed by atoms with Crippen molar-refractivity contribution in [3.8, 4) is 0 Å². The van der Waals surface area contributed by atoms with E-state index in [1.54, 1.807) is 0 Å². The van der Waals surface area contributed by atoms with Gasteiger partial charge in [-0.2, -0.15) is 0 Å². The first-order valence-corrected chi connectivity index (χ1v) is 8.61. The molecule has 2 rings (SSSR count). The van der Waals surface area contributed by atoms with Crippen LogP contribution in [0.25, 0.3) is 0 Å². The molecule has 1 fully saturated rings. The zero-order valence-corrected chi connectivity index (χ0v) is 14.5. The maximum atomic E-state index is 6.18. The molecule has 0 aromatic heterocycles. The lowest BCUT2D eigenvalue weighted by Gasteiger charge is -2.32. The van der Waals surface area contributed by atoms with Gasteiger partial charge in [0.05, 0.1) is 0 Å². The SMILES string of the molecule is CCC(N)Cc1cc(Br)ccc1N(CC1CC1)C(C)C. The Balaban J connectivity index is 2.26. The Bertz CT molecular complexity index is 441. The fourth-order valence-electron chi connectivity index (χ4n) is 2.59. The molecule has 0 aliphatic heterocycles. The molecule has 1 unspecified atom stereocenters. The van der Waals surface area contributed by atoms with E-state index in [1.165, 1.54) is 30.6 Å². The van der Waals surface area contributed by atoms with Crippen LogP contribution < -0.4 is 10.6 Å². The van der Waals surface area contributed by atoms with E-state index in [4.69, 9.17) is 5.73 Å². The van der Waals surface area contributed by atoms with E-state index >= 15 is 0 Å². The molecule has 1 aromatic rings. The summed E-state index contributed by atoms with van der Waals surface area (Å²) in [6.45, 7) is 7.92. The zero-order chi connectivity index (χ0) is 14.7. The minimum absolute atomic E-state index is 0.248. The predicted octanol–water partition coefficient (Wildman–Crippen LogP) is 4.35. The first-order chi connectivity index (χ1) is 9.51. The first kappa shape index (κ1) is 15.8. The highest BCUT2D eigenvalue weighted by molar-refractivity contribution is 9.10. The van der Waals surface area contributed by atoms with Gasteiger partial charge >= 0.3 is 0 Å². The number of nitrogens with two attached hydrogens (primary N) is 1. The van der Waals surface area contributed by atoms with E-state index in [1.807, 2.05) is 0 Å². The van der Waals surface area contributed by atoms with Crippen molar-refractivity contribution in [2.75, 3.05) is 11.4 Å². The van der Waals surface area contributed by atoms with Gasteiger partial charge in [0.25, 0.3) is 0 Å². The molecule has 2 nitrogen and oxygen atoms in total. The Morgan fingerprint density at radius 1 is 1.35 bits per heavy atom. The van der Waals surface area contributed by atoms with Gasteiger partial charge in [-0.3, -0.25) is 0 Å². The van der Waals surface area contributed by atoms with Crippen LogP contribution in [0, 0.1) is 5.92 Å². The summed E-state index contributed by atoms with van der Waals surface area (Å²) in [5, 5.41) is 0. The molecule has 0 saturated heterocycles. The van der Waals surface area contributed by atoms with Gasteiger partial charge in [-0.15, -0.1) is 0 Å². The smallest absolute Gasteiger partial charge is 0.0402 e. The van der Waals surface area contributed by atoms with Crippen LogP contribution in [0.15, 0.2) is 22.7 Å². The van der Waals surface area contributed by atoms with Gasteiger partial charge in [-0.1, -0.05) is 22.9 Å². The number of halogens is 1. The largest absolute Gasteiger partial charge is 0.369 e. The molecule has 0 radical (unpaired) electrons. The highest BCUT2D eigenvalue weighted by atomic mass is 79.9. The van der Waals surface area contributed by atoms with E-state index in [9.17, 15) is 0 Å². The maximum Gasteiger partial charge on any atom is 0.0402 e. The van der Waals surface area contributed by atoms with E-state index in [-0.39, 0.29) is 6.04 Å². The molecule has 0 heterocycles. The standard InChI is InChI=1S/C17H27BrN2/c1-4-16(19)10-14-9-15(18)7-8-17(14)20(12(2)3)11-13-5-6-13/h7-9,12-13,16H,4-6,10-11,19H2,1-3H3. The molecule has 20 heavy (non-hydrogen) atoms. The van der Waals surface area contributed by atoms with Crippen LogP contribution >= 0.6 is 15.9 Å². The molecular formula is C17H27BrN2. The lowest BCUT2D eigenvalue weighted by Crippen LogP contribution is -2.34. The number of hydrogen-bond donors (Lipinski definition) is 1. The van der Waals surface area contributed by atoms with Crippen molar-refractivity contribution in [3.63, 3.8) is 0 Å². The number of nitrogens with zero attached hydrogens (tertiary/aromatic N) is 1. The maximum absolute atomic E-state index is 6.18. The summed E-state index contributed by atoms with van der Waals surface area (Å²) in [6.07, 6.45) is 4.77. The van der Waals surface area contributed by atoms with Crippen molar-refractivity contribution in [1.29, 1.82) is 0 Å². The van der Waals surface area contributed by atoms with Crippen molar-refractivity contribution in [1.82, 2.24) is 0 Å². The Kier molecular flexibility index (Phi) is 5.50. The summed E-state index contributed by atoms with van der Waals surface area (Å²) in [7, 11) is 0. The van der Waals surface area contributed by atoms with Crippen LogP contribution in [0.1, 0.15) is 45.6 Å². The second kappa shape index (κ2) is 6.95. The van der Waals surface area contributed by atoms with E-state index in [0.717, 1.165) is 23.2 Å². The number of benzene rings is 1. The molecule has 1 saturated carbocycles. The van der Waals surface area contributed by atoms with Gasteiger partial charge < -0.3 is 10.6 Å². The van der Waals surface area contributed by atoms with Crippen LogP contribution in [-0.2, 0) is 6.42 Å². The third kappa shape index (κ3) is 4.23. The molecule has 112 valence electrons. The van der Waals surface area contributed by atoms with E-state index in [0.29, 0.717) is 6.04 Å². The Morgan fingerprint density at radius 2 is 2.05 bits per heavy atom.